The van der Waals surface area contributed by atoms with Gasteiger partial charge in [-0.25, -0.2) is 0 Å². The van der Waals surface area contributed by atoms with Gasteiger partial charge in [0.1, 0.15) is 16.6 Å². The Morgan fingerprint density at radius 2 is 2.00 bits per heavy atom. The lowest BCUT2D eigenvalue weighted by molar-refractivity contribution is 0.621. The van der Waals surface area contributed by atoms with Crippen LogP contribution >= 0.6 is 11.5 Å². The second kappa shape index (κ2) is 5.17. The first-order chi connectivity index (χ1) is 7.81. The summed E-state index contributed by atoms with van der Waals surface area (Å²) in [4.78, 5) is 0. The molecule has 0 spiro atoms. The Labute approximate surface area is 99.6 Å². The zero-order chi connectivity index (χ0) is 11.4. The molecule has 5 heteroatoms. The van der Waals surface area contributed by atoms with Crippen molar-refractivity contribution in [1.82, 2.24) is 4.37 Å². The molecule has 0 saturated heterocycles. The highest BCUT2D eigenvalue weighted by atomic mass is 32.1. The molecule has 4 nitrogen and oxygen atoms in total. The SMILES string of the molecule is N#Cc1c(N)nsc1NC1CCCCCC1. The molecule has 1 aliphatic rings. The minimum atomic E-state index is 0.351. The number of nitrogens with one attached hydrogen (secondary N) is 1. The molecule has 1 aliphatic carbocycles. The first-order valence-electron chi connectivity index (χ1n) is 5.73. The van der Waals surface area contributed by atoms with Gasteiger partial charge in [-0.05, 0) is 24.4 Å². The number of aromatic nitrogens is 1. The van der Waals surface area contributed by atoms with Crippen LogP contribution in [0.4, 0.5) is 10.8 Å². The van der Waals surface area contributed by atoms with Gasteiger partial charge in [0.25, 0.3) is 0 Å². The van der Waals surface area contributed by atoms with Crippen molar-refractivity contribution in [3.8, 4) is 6.07 Å². The summed E-state index contributed by atoms with van der Waals surface area (Å²) in [5.74, 6) is 0.351. The van der Waals surface area contributed by atoms with E-state index in [9.17, 15) is 0 Å². The fraction of sp³-hybridized carbons (Fsp3) is 0.636. The summed E-state index contributed by atoms with van der Waals surface area (Å²) in [6.07, 6.45) is 7.56. The van der Waals surface area contributed by atoms with Gasteiger partial charge in [0.2, 0.25) is 0 Å². The van der Waals surface area contributed by atoms with Crippen LogP contribution in [0.3, 0.4) is 0 Å². The highest BCUT2D eigenvalue weighted by Gasteiger charge is 2.16. The van der Waals surface area contributed by atoms with E-state index >= 15 is 0 Å². The third-order valence-electron chi connectivity index (χ3n) is 3.02. The number of hydrogen-bond acceptors (Lipinski definition) is 5. The van der Waals surface area contributed by atoms with Crippen molar-refractivity contribution in [2.75, 3.05) is 11.1 Å². The first-order valence-corrected chi connectivity index (χ1v) is 6.50. The molecule has 1 aromatic heterocycles. The average Bonchev–Trinajstić information content (AvgIpc) is 2.51. The van der Waals surface area contributed by atoms with Crippen LogP contribution in [-0.2, 0) is 0 Å². The molecule has 0 bridgehead atoms. The molecular formula is C11H16N4S. The van der Waals surface area contributed by atoms with Gasteiger partial charge < -0.3 is 11.1 Å². The van der Waals surface area contributed by atoms with E-state index in [1.807, 2.05) is 0 Å². The van der Waals surface area contributed by atoms with Crippen LogP contribution in [-0.4, -0.2) is 10.4 Å². The van der Waals surface area contributed by atoms with E-state index in [1.165, 1.54) is 50.1 Å². The first kappa shape index (κ1) is 11.2. The summed E-state index contributed by atoms with van der Waals surface area (Å²) in [7, 11) is 0. The molecule has 0 radical (unpaired) electrons. The summed E-state index contributed by atoms with van der Waals surface area (Å²) in [5, 5.41) is 13.2. The van der Waals surface area contributed by atoms with Crippen LogP contribution in [0.1, 0.15) is 44.1 Å². The predicted octanol–water partition coefficient (Wildman–Crippen LogP) is 2.73. The van der Waals surface area contributed by atoms with Crippen LogP contribution in [0.15, 0.2) is 0 Å². The molecule has 3 N–H and O–H groups in total. The van der Waals surface area contributed by atoms with Gasteiger partial charge in [0.15, 0.2) is 5.82 Å². The Balaban J connectivity index is 2.05. The monoisotopic (exact) mass is 236 g/mol. The molecule has 2 rings (SSSR count). The third kappa shape index (κ3) is 2.45. The number of anilines is 2. The van der Waals surface area contributed by atoms with Crippen molar-refractivity contribution in [1.29, 1.82) is 5.26 Å². The zero-order valence-electron chi connectivity index (χ0n) is 9.20. The molecule has 0 unspecified atom stereocenters. The van der Waals surface area contributed by atoms with Crippen molar-refractivity contribution in [2.45, 2.75) is 44.6 Å². The number of rotatable bonds is 2. The molecule has 0 atom stereocenters. The van der Waals surface area contributed by atoms with Crippen LogP contribution in [0.2, 0.25) is 0 Å². The van der Waals surface area contributed by atoms with Gasteiger partial charge in [0, 0.05) is 6.04 Å². The van der Waals surface area contributed by atoms with Crippen molar-refractivity contribution in [2.24, 2.45) is 0 Å². The minimum Gasteiger partial charge on any atom is -0.382 e. The number of nitrogen functional groups attached to an aromatic ring is 1. The van der Waals surface area contributed by atoms with Gasteiger partial charge in [-0.3, -0.25) is 0 Å². The van der Waals surface area contributed by atoms with E-state index in [4.69, 9.17) is 11.0 Å². The van der Waals surface area contributed by atoms with Gasteiger partial charge in [-0.1, -0.05) is 25.7 Å². The molecule has 86 valence electrons. The maximum Gasteiger partial charge on any atom is 0.157 e. The Hall–Kier alpha value is -1.28. The number of nitriles is 1. The molecule has 1 fully saturated rings. The van der Waals surface area contributed by atoms with Crippen LogP contribution in [0.5, 0.6) is 0 Å². The minimum absolute atomic E-state index is 0.351. The fourth-order valence-corrected chi connectivity index (χ4v) is 2.86. The highest BCUT2D eigenvalue weighted by molar-refractivity contribution is 7.10. The van der Waals surface area contributed by atoms with Crippen molar-refractivity contribution in [3.63, 3.8) is 0 Å². The second-order valence-electron chi connectivity index (χ2n) is 4.22. The van der Waals surface area contributed by atoms with Gasteiger partial charge in [-0.15, -0.1) is 0 Å². The molecule has 16 heavy (non-hydrogen) atoms. The molecule has 1 heterocycles. The average molecular weight is 236 g/mol. The van der Waals surface area contributed by atoms with Gasteiger partial charge >= 0.3 is 0 Å². The summed E-state index contributed by atoms with van der Waals surface area (Å²) < 4.78 is 4.01. The van der Waals surface area contributed by atoms with E-state index in [0.717, 1.165) is 5.00 Å². The number of nitrogens with two attached hydrogens (primary N) is 1. The summed E-state index contributed by atoms with van der Waals surface area (Å²) in [5.41, 5.74) is 6.13. The Kier molecular flexibility index (Phi) is 3.62. The predicted molar refractivity (Wildman–Crippen MR) is 66.4 cm³/mol. The maximum absolute atomic E-state index is 8.97. The number of hydrogen-bond donors (Lipinski definition) is 2. The molecule has 1 saturated carbocycles. The molecular weight excluding hydrogens is 220 g/mol. The van der Waals surface area contributed by atoms with E-state index in [-0.39, 0.29) is 0 Å². The maximum atomic E-state index is 8.97. The number of nitrogens with zero attached hydrogens (tertiary/aromatic N) is 2. The Morgan fingerprint density at radius 1 is 1.31 bits per heavy atom. The standard InChI is InChI=1S/C11H16N4S/c12-7-9-10(13)15-16-11(9)14-8-5-3-1-2-4-6-8/h8,14H,1-6H2,(H2,13,15). The fourth-order valence-electron chi connectivity index (χ4n) is 2.12. The Morgan fingerprint density at radius 3 is 2.62 bits per heavy atom. The molecule has 0 aromatic carbocycles. The van der Waals surface area contributed by atoms with Crippen LogP contribution < -0.4 is 11.1 Å². The summed E-state index contributed by atoms with van der Waals surface area (Å²) in [6.45, 7) is 0. The van der Waals surface area contributed by atoms with E-state index < -0.39 is 0 Å². The quantitative estimate of drug-likeness (QED) is 0.774. The lowest BCUT2D eigenvalue weighted by Gasteiger charge is -2.15. The molecule has 1 aromatic rings. The topological polar surface area (TPSA) is 74.7 Å². The lowest BCUT2D eigenvalue weighted by Crippen LogP contribution is -2.18. The highest BCUT2D eigenvalue weighted by Crippen LogP contribution is 2.29. The normalized spacial score (nSPS) is 17.7. The smallest absolute Gasteiger partial charge is 0.157 e. The van der Waals surface area contributed by atoms with Crippen molar-refractivity contribution < 1.29 is 0 Å². The zero-order valence-corrected chi connectivity index (χ0v) is 10.0. The second-order valence-corrected chi connectivity index (χ2v) is 4.99. The van der Waals surface area contributed by atoms with Crippen molar-refractivity contribution >= 4 is 22.4 Å². The van der Waals surface area contributed by atoms with Gasteiger partial charge in [0.05, 0.1) is 0 Å². The van der Waals surface area contributed by atoms with E-state index in [0.29, 0.717) is 17.4 Å². The summed E-state index contributed by atoms with van der Waals surface area (Å²) in [6, 6.07) is 2.59. The Bertz CT molecular complexity index is 385. The van der Waals surface area contributed by atoms with Crippen molar-refractivity contribution in [3.05, 3.63) is 5.56 Å². The molecule has 0 amide bonds. The molecule has 0 aliphatic heterocycles. The van der Waals surface area contributed by atoms with E-state index in [1.54, 1.807) is 0 Å². The summed E-state index contributed by atoms with van der Waals surface area (Å²) >= 11 is 1.29. The largest absolute Gasteiger partial charge is 0.382 e. The van der Waals surface area contributed by atoms with Gasteiger partial charge in [-0.2, -0.15) is 9.64 Å². The third-order valence-corrected chi connectivity index (χ3v) is 3.81. The van der Waals surface area contributed by atoms with Crippen LogP contribution in [0.25, 0.3) is 0 Å². The van der Waals surface area contributed by atoms with Crippen LogP contribution in [0, 0.1) is 11.3 Å². The van der Waals surface area contributed by atoms with E-state index in [2.05, 4.69) is 15.8 Å². The lowest BCUT2D eigenvalue weighted by atomic mass is 10.1.